The van der Waals surface area contributed by atoms with Gasteiger partial charge in [-0.2, -0.15) is 5.10 Å². The van der Waals surface area contributed by atoms with Gasteiger partial charge in [-0.05, 0) is 31.9 Å². The van der Waals surface area contributed by atoms with E-state index >= 15 is 0 Å². The predicted octanol–water partition coefficient (Wildman–Crippen LogP) is 2.68. The lowest BCUT2D eigenvalue weighted by atomic mass is 10.1. The molecule has 2 aromatic rings. The van der Waals surface area contributed by atoms with Crippen molar-refractivity contribution < 1.29 is 4.39 Å². The van der Waals surface area contributed by atoms with Crippen molar-refractivity contribution in [2.75, 3.05) is 11.9 Å². The standard InChI is InChI=1S/C13H14FN3/c1-9-10-5-4-8-15-13(10)17(16-9)12-7-3-2-6-11(12)14/h2-3,6-7,15H,4-5,8H2,1H3. The molecule has 88 valence electrons. The maximum absolute atomic E-state index is 13.8. The van der Waals surface area contributed by atoms with Crippen LogP contribution < -0.4 is 5.32 Å². The van der Waals surface area contributed by atoms with Crippen LogP contribution in [0.25, 0.3) is 5.69 Å². The van der Waals surface area contributed by atoms with Gasteiger partial charge in [0.05, 0.1) is 5.69 Å². The third-order valence-electron chi connectivity index (χ3n) is 3.16. The minimum absolute atomic E-state index is 0.245. The van der Waals surface area contributed by atoms with Crippen molar-refractivity contribution in [3.8, 4) is 5.69 Å². The number of fused-ring (bicyclic) bond motifs is 1. The van der Waals surface area contributed by atoms with Gasteiger partial charge in [0, 0.05) is 12.1 Å². The predicted molar refractivity (Wildman–Crippen MR) is 65.1 cm³/mol. The number of aromatic nitrogens is 2. The van der Waals surface area contributed by atoms with E-state index in [-0.39, 0.29) is 5.82 Å². The summed E-state index contributed by atoms with van der Waals surface area (Å²) in [7, 11) is 0. The van der Waals surface area contributed by atoms with Crippen LogP contribution in [0.5, 0.6) is 0 Å². The normalized spacial score (nSPS) is 14.2. The number of benzene rings is 1. The molecule has 3 rings (SSSR count). The first-order valence-corrected chi connectivity index (χ1v) is 5.84. The number of halogens is 1. The Bertz CT molecular complexity index is 560. The molecular formula is C13H14FN3. The van der Waals surface area contributed by atoms with Crippen molar-refractivity contribution in [2.45, 2.75) is 19.8 Å². The van der Waals surface area contributed by atoms with Gasteiger partial charge in [-0.15, -0.1) is 0 Å². The molecule has 0 radical (unpaired) electrons. The Kier molecular flexibility index (Phi) is 2.35. The lowest BCUT2D eigenvalue weighted by molar-refractivity contribution is 0.610. The zero-order chi connectivity index (χ0) is 11.8. The number of nitrogens with one attached hydrogen (secondary N) is 1. The van der Waals surface area contributed by atoms with Crippen LogP contribution in [-0.2, 0) is 6.42 Å². The maximum Gasteiger partial charge on any atom is 0.148 e. The molecule has 1 aromatic carbocycles. The smallest absolute Gasteiger partial charge is 0.148 e. The quantitative estimate of drug-likeness (QED) is 0.817. The lowest BCUT2D eigenvalue weighted by Crippen LogP contribution is -2.14. The molecule has 0 unspecified atom stereocenters. The van der Waals surface area contributed by atoms with Gasteiger partial charge in [0.25, 0.3) is 0 Å². The summed E-state index contributed by atoms with van der Waals surface area (Å²) in [6, 6.07) is 6.72. The molecule has 0 bridgehead atoms. The highest BCUT2D eigenvalue weighted by Gasteiger charge is 2.20. The molecule has 1 aromatic heterocycles. The number of hydrogen-bond donors (Lipinski definition) is 1. The van der Waals surface area contributed by atoms with Crippen LogP contribution in [0.4, 0.5) is 10.2 Å². The van der Waals surface area contributed by atoms with E-state index in [2.05, 4.69) is 10.4 Å². The van der Waals surface area contributed by atoms with E-state index < -0.39 is 0 Å². The zero-order valence-electron chi connectivity index (χ0n) is 9.70. The van der Waals surface area contributed by atoms with Gasteiger partial charge in [0.15, 0.2) is 0 Å². The lowest BCUT2D eigenvalue weighted by Gasteiger charge is -2.16. The van der Waals surface area contributed by atoms with Crippen molar-refractivity contribution in [2.24, 2.45) is 0 Å². The number of para-hydroxylation sites is 1. The van der Waals surface area contributed by atoms with Crippen molar-refractivity contribution in [1.82, 2.24) is 9.78 Å². The monoisotopic (exact) mass is 231 g/mol. The van der Waals surface area contributed by atoms with Crippen molar-refractivity contribution in [1.29, 1.82) is 0 Å². The molecule has 3 nitrogen and oxygen atoms in total. The third-order valence-corrected chi connectivity index (χ3v) is 3.16. The molecule has 0 aliphatic carbocycles. The second-order valence-electron chi connectivity index (χ2n) is 4.31. The molecule has 0 saturated carbocycles. The molecule has 0 spiro atoms. The molecule has 2 heterocycles. The Balaban J connectivity index is 2.19. The Morgan fingerprint density at radius 3 is 3.00 bits per heavy atom. The number of rotatable bonds is 1. The average molecular weight is 231 g/mol. The van der Waals surface area contributed by atoms with Gasteiger partial charge in [-0.3, -0.25) is 0 Å². The Labute approximate surface area is 99.3 Å². The summed E-state index contributed by atoms with van der Waals surface area (Å²) < 4.78 is 15.4. The largest absolute Gasteiger partial charge is 0.370 e. The van der Waals surface area contributed by atoms with Gasteiger partial charge in [0.1, 0.15) is 17.3 Å². The van der Waals surface area contributed by atoms with E-state index in [4.69, 9.17) is 0 Å². The highest BCUT2D eigenvalue weighted by molar-refractivity contribution is 5.54. The van der Waals surface area contributed by atoms with Crippen LogP contribution in [0.2, 0.25) is 0 Å². The summed E-state index contributed by atoms with van der Waals surface area (Å²) in [6.07, 6.45) is 2.12. The fourth-order valence-electron chi connectivity index (χ4n) is 2.31. The molecule has 0 fully saturated rings. The summed E-state index contributed by atoms with van der Waals surface area (Å²) in [5.74, 6) is 0.698. The minimum Gasteiger partial charge on any atom is -0.370 e. The van der Waals surface area contributed by atoms with Crippen LogP contribution in [0, 0.1) is 12.7 Å². The first-order chi connectivity index (χ1) is 8.27. The van der Waals surface area contributed by atoms with Gasteiger partial charge in [0.2, 0.25) is 0 Å². The maximum atomic E-state index is 13.8. The first kappa shape index (κ1) is 10.3. The highest BCUT2D eigenvalue weighted by atomic mass is 19.1. The van der Waals surface area contributed by atoms with E-state index in [1.54, 1.807) is 16.8 Å². The van der Waals surface area contributed by atoms with Crippen LogP contribution >= 0.6 is 0 Å². The Morgan fingerprint density at radius 2 is 2.18 bits per heavy atom. The average Bonchev–Trinajstić information content (AvgIpc) is 2.68. The topological polar surface area (TPSA) is 29.9 Å². The summed E-state index contributed by atoms with van der Waals surface area (Å²) in [6.45, 7) is 2.90. The first-order valence-electron chi connectivity index (χ1n) is 5.84. The second-order valence-corrected chi connectivity index (χ2v) is 4.31. The van der Waals surface area contributed by atoms with Crippen molar-refractivity contribution >= 4 is 5.82 Å². The van der Waals surface area contributed by atoms with Gasteiger partial charge in [-0.1, -0.05) is 12.1 Å². The molecule has 0 atom stereocenters. The Hall–Kier alpha value is -1.84. The molecule has 1 aliphatic heterocycles. The highest BCUT2D eigenvalue weighted by Crippen LogP contribution is 2.28. The molecule has 0 amide bonds. The molecular weight excluding hydrogens is 217 g/mol. The minimum atomic E-state index is -0.245. The molecule has 17 heavy (non-hydrogen) atoms. The second kappa shape index (κ2) is 3.87. The van der Waals surface area contributed by atoms with Crippen molar-refractivity contribution in [3.05, 3.63) is 41.3 Å². The molecule has 0 saturated heterocycles. The number of nitrogens with zero attached hydrogens (tertiary/aromatic N) is 2. The fourth-order valence-corrected chi connectivity index (χ4v) is 2.31. The van der Waals surface area contributed by atoms with E-state index in [0.29, 0.717) is 5.69 Å². The number of anilines is 1. The van der Waals surface area contributed by atoms with E-state index in [1.807, 2.05) is 13.0 Å². The summed E-state index contributed by atoms with van der Waals surface area (Å²) in [4.78, 5) is 0. The third kappa shape index (κ3) is 1.60. The van der Waals surface area contributed by atoms with Gasteiger partial charge < -0.3 is 5.32 Å². The van der Waals surface area contributed by atoms with Crippen LogP contribution in [0.3, 0.4) is 0 Å². The summed E-state index contributed by atoms with van der Waals surface area (Å²) >= 11 is 0. The Morgan fingerprint density at radius 1 is 1.35 bits per heavy atom. The molecule has 4 heteroatoms. The summed E-state index contributed by atoms with van der Waals surface area (Å²) in [5.41, 5.74) is 2.70. The zero-order valence-corrected chi connectivity index (χ0v) is 9.70. The van der Waals surface area contributed by atoms with Crippen LogP contribution in [-0.4, -0.2) is 16.3 Å². The molecule has 1 aliphatic rings. The van der Waals surface area contributed by atoms with Crippen LogP contribution in [0.15, 0.2) is 24.3 Å². The SMILES string of the molecule is Cc1nn(-c2ccccc2F)c2c1CCCN2. The fraction of sp³-hybridized carbons (Fsp3) is 0.308. The molecule has 1 N–H and O–H groups in total. The van der Waals surface area contributed by atoms with Crippen LogP contribution in [0.1, 0.15) is 17.7 Å². The van der Waals surface area contributed by atoms with Gasteiger partial charge in [-0.25, -0.2) is 9.07 Å². The van der Waals surface area contributed by atoms with Gasteiger partial charge >= 0.3 is 0 Å². The van der Waals surface area contributed by atoms with E-state index in [0.717, 1.165) is 30.9 Å². The number of hydrogen-bond acceptors (Lipinski definition) is 2. The van der Waals surface area contributed by atoms with Crippen molar-refractivity contribution in [3.63, 3.8) is 0 Å². The van der Waals surface area contributed by atoms with E-state index in [9.17, 15) is 4.39 Å². The number of aryl methyl sites for hydroxylation is 1. The van der Waals surface area contributed by atoms with E-state index in [1.165, 1.54) is 11.6 Å². The summed E-state index contributed by atoms with van der Waals surface area (Å²) in [5, 5.41) is 7.75.